The fraction of sp³-hybridized carbons (Fsp3) is 0.0769. The Kier molecular flexibility index (Phi) is 5.37. The molecule has 5 heterocycles. The standard InChI is InChI=1S/C26H18F2N8O/c1-2-20(37)32-16-7-14(8-29-9-16)23-22(28)21-18(12-31-23)35-36-25(21)26-33-19-11-30-10-17(24(19)34-26)13-4-3-5-15(27)6-13/h3-12H,2H2,1H3,(H,32,37)(H,33,34)(H,35,36). The number of rotatable bonds is 5. The minimum atomic E-state index is -0.619. The molecule has 0 saturated carbocycles. The molecule has 0 bridgehead atoms. The maximum Gasteiger partial charge on any atom is 0.224 e. The molecule has 0 aliphatic carbocycles. The molecule has 0 spiro atoms. The Hall–Kier alpha value is -5.06. The number of pyridine rings is 3. The van der Waals surface area contributed by atoms with Crippen LogP contribution in [0.25, 0.3) is 55.8 Å². The number of benzene rings is 1. The van der Waals surface area contributed by atoms with E-state index in [0.717, 1.165) is 0 Å². The number of anilines is 1. The third-order valence-corrected chi connectivity index (χ3v) is 5.92. The van der Waals surface area contributed by atoms with Crippen molar-refractivity contribution < 1.29 is 13.6 Å². The first kappa shape index (κ1) is 22.4. The van der Waals surface area contributed by atoms with Gasteiger partial charge in [-0.25, -0.2) is 13.8 Å². The third-order valence-electron chi connectivity index (χ3n) is 5.92. The van der Waals surface area contributed by atoms with Crippen molar-refractivity contribution in [1.82, 2.24) is 35.1 Å². The minimum Gasteiger partial charge on any atom is -0.335 e. The van der Waals surface area contributed by atoms with Crippen molar-refractivity contribution in [1.29, 1.82) is 0 Å². The summed E-state index contributed by atoms with van der Waals surface area (Å²) < 4.78 is 29.8. The molecule has 0 atom stereocenters. The zero-order valence-electron chi connectivity index (χ0n) is 19.4. The van der Waals surface area contributed by atoms with E-state index in [9.17, 15) is 9.18 Å². The van der Waals surface area contributed by atoms with Crippen LogP contribution in [0.3, 0.4) is 0 Å². The molecule has 37 heavy (non-hydrogen) atoms. The quantitative estimate of drug-likeness (QED) is 0.299. The van der Waals surface area contributed by atoms with Crippen molar-refractivity contribution in [3.63, 3.8) is 0 Å². The summed E-state index contributed by atoms with van der Waals surface area (Å²) in [6, 6.07) is 7.75. The monoisotopic (exact) mass is 496 g/mol. The summed E-state index contributed by atoms with van der Waals surface area (Å²) >= 11 is 0. The first-order valence-corrected chi connectivity index (χ1v) is 11.4. The van der Waals surface area contributed by atoms with Crippen molar-refractivity contribution in [2.24, 2.45) is 0 Å². The van der Waals surface area contributed by atoms with Gasteiger partial charge >= 0.3 is 0 Å². The van der Waals surface area contributed by atoms with E-state index in [2.05, 4.69) is 40.4 Å². The summed E-state index contributed by atoms with van der Waals surface area (Å²) in [5, 5.41) is 9.94. The lowest BCUT2D eigenvalue weighted by atomic mass is 10.1. The highest BCUT2D eigenvalue weighted by molar-refractivity contribution is 5.98. The molecular formula is C26H18F2N8O. The number of carbonyl (C=O) groups is 1. The maximum atomic E-state index is 15.9. The molecule has 0 aliphatic heterocycles. The van der Waals surface area contributed by atoms with Crippen molar-refractivity contribution >= 4 is 33.5 Å². The molecule has 1 aromatic carbocycles. The van der Waals surface area contributed by atoms with Gasteiger partial charge in [0.15, 0.2) is 11.6 Å². The van der Waals surface area contributed by atoms with Gasteiger partial charge < -0.3 is 10.3 Å². The van der Waals surface area contributed by atoms with Crippen LogP contribution in [-0.2, 0) is 4.79 Å². The maximum absolute atomic E-state index is 15.9. The SMILES string of the molecule is CCC(=O)Nc1cncc(-c2ncc3n[nH]c(-c4nc5c(-c6cccc(F)c6)cncc5[nH]4)c3c2F)c1. The molecule has 0 saturated heterocycles. The zero-order chi connectivity index (χ0) is 25.5. The minimum absolute atomic E-state index is 0.0495. The summed E-state index contributed by atoms with van der Waals surface area (Å²) in [6.45, 7) is 1.73. The van der Waals surface area contributed by atoms with Crippen molar-refractivity contribution in [2.45, 2.75) is 13.3 Å². The molecule has 9 nitrogen and oxygen atoms in total. The van der Waals surface area contributed by atoms with E-state index in [-0.39, 0.29) is 22.8 Å². The summed E-state index contributed by atoms with van der Waals surface area (Å²) in [5.74, 6) is -0.844. The largest absolute Gasteiger partial charge is 0.335 e. The van der Waals surface area contributed by atoms with Gasteiger partial charge in [0.1, 0.15) is 22.7 Å². The van der Waals surface area contributed by atoms with Crippen LogP contribution in [0.4, 0.5) is 14.5 Å². The highest BCUT2D eigenvalue weighted by atomic mass is 19.1. The van der Waals surface area contributed by atoms with Gasteiger partial charge in [-0.15, -0.1) is 0 Å². The number of imidazole rings is 1. The number of hydrogen-bond donors (Lipinski definition) is 3. The first-order valence-electron chi connectivity index (χ1n) is 11.4. The van der Waals surface area contributed by atoms with Crippen LogP contribution >= 0.6 is 0 Å². The predicted octanol–water partition coefficient (Wildman–Crippen LogP) is 5.25. The smallest absolute Gasteiger partial charge is 0.224 e. The molecule has 3 N–H and O–H groups in total. The average Bonchev–Trinajstić information content (AvgIpc) is 3.53. The number of aromatic amines is 2. The van der Waals surface area contributed by atoms with E-state index in [1.165, 1.54) is 30.7 Å². The van der Waals surface area contributed by atoms with Gasteiger partial charge in [-0.1, -0.05) is 19.1 Å². The number of H-pyrrole nitrogens is 2. The summed E-state index contributed by atoms with van der Waals surface area (Å²) in [6.07, 6.45) is 7.90. The fourth-order valence-electron chi connectivity index (χ4n) is 4.15. The van der Waals surface area contributed by atoms with Gasteiger partial charge in [-0.2, -0.15) is 5.10 Å². The Labute approximate surface area is 208 Å². The summed E-state index contributed by atoms with van der Waals surface area (Å²) in [4.78, 5) is 32.2. The van der Waals surface area contributed by atoms with Gasteiger partial charge in [-0.05, 0) is 23.8 Å². The first-order chi connectivity index (χ1) is 18.0. The third kappa shape index (κ3) is 3.96. The number of hydrogen-bond acceptors (Lipinski definition) is 6. The molecule has 182 valence electrons. The number of halogens is 2. The van der Waals surface area contributed by atoms with Crippen LogP contribution in [-0.4, -0.2) is 41.0 Å². The van der Waals surface area contributed by atoms with E-state index < -0.39 is 5.82 Å². The molecular weight excluding hydrogens is 478 g/mol. The average molecular weight is 496 g/mol. The number of nitrogens with one attached hydrogen (secondary N) is 3. The predicted molar refractivity (Wildman–Crippen MR) is 134 cm³/mol. The lowest BCUT2D eigenvalue weighted by molar-refractivity contribution is -0.115. The van der Waals surface area contributed by atoms with Crippen molar-refractivity contribution in [2.75, 3.05) is 5.32 Å². The molecule has 0 fully saturated rings. The number of aromatic nitrogens is 7. The second kappa shape index (κ2) is 8.86. The van der Waals surface area contributed by atoms with Crippen LogP contribution in [0.5, 0.6) is 0 Å². The fourth-order valence-corrected chi connectivity index (χ4v) is 4.15. The zero-order valence-corrected chi connectivity index (χ0v) is 19.4. The molecule has 0 unspecified atom stereocenters. The highest BCUT2D eigenvalue weighted by Gasteiger charge is 2.21. The number of fused-ring (bicyclic) bond motifs is 2. The Balaban J connectivity index is 1.47. The highest BCUT2D eigenvalue weighted by Crippen LogP contribution is 2.34. The van der Waals surface area contributed by atoms with E-state index in [1.54, 1.807) is 37.5 Å². The van der Waals surface area contributed by atoms with Crippen LogP contribution in [0.2, 0.25) is 0 Å². The second-order valence-corrected chi connectivity index (χ2v) is 8.32. The lowest BCUT2D eigenvalue weighted by Crippen LogP contribution is -2.09. The van der Waals surface area contributed by atoms with Crippen molar-refractivity contribution in [3.8, 4) is 33.9 Å². The molecule has 5 aromatic heterocycles. The molecule has 6 rings (SSSR count). The van der Waals surface area contributed by atoms with Crippen LogP contribution in [0.15, 0.2) is 61.3 Å². The van der Waals surface area contributed by atoms with Gasteiger partial charge in [0.25, 0.3) is 0 Å². The lowest BCUT2D eigenvalue weighted by Gasteiger charge is -2.07. The molecule has 11 heteroatoms. The van der Waals surface area contributed by atoms with E-state index >= 15 is 4.39 Å². The Morgan fingerprint density at radius 1 is 1.03 bits per heavy atom. The topological polar surface area (TPSA) is 125 Å². The van der Waals surface area contributed by atoms with Crippen LogP contribution in [0.1, 0.15) is 13.3 Å². The summed E-state index contributed by atoms with van der Waals surface area (Å²) in [5.41, 5.74) is 3.90. The molecule has 0 radical (unpaired) electrons. The number of amides is 1. The van der Waals surface area contributed by atoms with Gasteiger partial charge in [-0.3, -0.25) is 24.8 Å². The van der Waals surface area contributed by atoms with E-state index in [0.29, 0.717) is 56.9 Å². The van der Waals surface area contributed by atoms with Crippen LogP contribution in [0, 0.1) is 11.6 Å². The normalized spacial score (nSPS) is 11.3. The van der Waals surface area contributed by atoms with Gasteiger partial charge in [0.2, 0.25) is 5.91 Å². The van der Waals surface area contributed by atoms with Crippen LogP contribution < -0.4 is 5.32 Å². The molecule has 6 aromatic rings. The van der Waals surface area contributed by atoms with E-state index in [1.807, 2.05) is 0 Å². The number of carbonyl (C=O) groups excluding carboxylic acids is 1. The van der Waals surface area contributed by atoms with Crippen molar-refractivity contribution in [3.05, 3.63) is 73.0 Å². The van der Waals surface area contributed by atoms with Gasteiger partial charge in [0.05, 0.1) is 40.7 Å². The Morgan fingerprint density at radius 2 is 1.89 bits per heavy atom. The Morgan fingerprint density at radius 3 is 2.73 bits per heavy atom. The number of nitrogens with zero attached hydrogens (tertiary/aromatic N) is 5. The Bertz CT molecular complexity index is 1810. The van der Waals surface area contributed by atoms with E-state index in [4.69, 9.17) is 0 Å². The molecule has 1 amide bonds. The summed E-state index contributed by atoms with van der Waals surface area (Å²) in [7, 11) is 0. The van der Waals surface area contributed by atoms with Gasteiger partial charge in [0, 0.05) is 29.9 Å². The second-order valence-electron chi connectivity index (χ2n) is 8.32. The molecule has 0 aliphatic rings.